The summed E-state index contributed by atoms with van der Waals surface area (Å²) < 4.78 is 2.09. The first-order valence-electron chi connectivity index (χ1n) is 5.76. The van der Waals surface area contributed by atoms with Crippen molar-refractivity contribution >= 4 is 11.8 Å². The maximum absolute atomic E-state index is 8.73. The lowest BCUT2D eigenvalue weighted by molar-refractivity contribution is 0.662. The third-order valence-corrected chi connectivity index (χ3v) is 3.71. The summed E-state index contributed by atoms with van der Waals surface area (Å²) in [7, 11) is 0. The van der Waals surface area contributed by atoms with Gasteiger partial charge in [0, 0.05) is 12.3 Å². The van der Waals surface area contributed by atoms with Crippen molar-refractivity contribution < 1.29 is 0 Å². The molecule has 0 spiro atoms. The monoisotopic (exact) mass is 258 g/mol. The van der Waals surface area contributed by atoms with Gasteiger partial charge in [-0.05, 0) is 31.5 Å². The molecule has 0 saturated carbocycles. The van der Waals surface area contributed by atoms with Gasteiger partial charge in [-0.3, -0.25) is 0 Å². The summed E-state index contributed by atoms with van der Waals surface area (Å²) in [5.41, 5.74) is 1.87. The molecule has 5 heteroatoms. The molecule has 1 heterocycles. The Bertz CT molecular complexity index is 566. The van der Waals surface area contributed by atoms with Gasteiger partial charge >= 0.3 is 0 Å². The van der Waals surface area contributed by atoms with Crippen molar-refractivity contribution in [2.75, 3.05) is 0 Å². The first-order chi connectivity index (χ1) is 8.74. The van der Waals surface area contributed by atoms with Crippen molar-refractivity contribution in [3.63, 3.8) is 0 Å². The van der Waals surface area contributed by atoms with Crippen molar-refractivity contribution in [1.29, 1.82) is 5.26 Å². The maximum atomic E-state index is 8.73. The van der Waals surface area contributed by atoms with Gasteiger partial charge in [-0.15, -0.1) is 10.2 Å². The summed E-state index contributed by atoms with van der Waals surface area (Å²) in [6.07, 6.45) is 0. The molecule has 2 rings (SSSR count). The van der Waals surface area contributed by atoms with Crippen LogP contribution >= 0.6 is 11.8 Å². The highest BCUT2D eigenvalue weighted by atomic mass is 32.2. The molecule has 0 unspecified atom stereocenters. The highest BCUT2D eigenvalue weighted by Gasteiger charge is 2.07. The molecule has 0 amide bonds. The second-order valence-corrected chi connectivity index (χ2v) is 4.81. The van der Waals surface area contributed by atoms with Gasteiger partial charge in [0.25, 0.3) is 0 Å². The Morgan fingerprint density at radius 2 is 2.00 bits per heavy atom. The molecule has 0 saturated heterocycles. The van der Waals surface area contributed by atoms with Crippen molar-refractivity contribution in [3.8, 4) is 6.07 Å². The number of rotatable bonds is 4. The molecule has 0 aliphatic heterocycles. The van der Waals surface area contributed by atoms with Gasteiger partial charge in [0.05, 0.1) is 11.6 Å². The van der Waals surface area contributed by atoms with E-state index in [0.717, 1.165) is 23.3 Å². The Hall–Kier alpha value is -1.80. The number of aromatic nitrogens is 3. The topological polar surface area (TPSA) is 54.5 Å². The molecule has 2 aromatic rings. The molecule has 92 valence electrons. The van der Waals surface area contributed by atoms with E-state index < -0.39 is 0 Å². The molecule has 0 atom stereocenters. The van der Waals surface area contributed by atoms with Crippen LogP contribution < -0.4 is 0 Å². The van der Waals surface area contributed by atoms with Gasteiger partial charge in [0.1, 0.15) is 5.82 Å². The zero-order valence-corrected chi connectivity index (χ0v) is 11.2. The lowest BCUT2D eigenvalue weighted by Gasteiger charge is -2.04. The molecule has 18 heavy (non-hydrogen) atoms. The molecule has 1 aromatic heterocycles. The smallest absolute Gasteiger partial charge is 0.191 e. The van der Waals surface area contributed by atoms with E-state index in [4.69, 9.17) is 5.26 Å². The van der Waals surface area contributed by atoms with Crippen LogP contribution in [0.3, 0.4) is 0 Å². The van der Waals surface area contributed by atoms with E-state index in [1.807, 2.05) is 31.2 Å². The fourth-order valence-corrected chi connectivity index (χ4v) is 2.66. The van der Waals surface area contributed by atoms with E-state index in [9.17, 15) is 0 Å². The minimum absolute atomic E-state index is 0.691. The van der Waals surface area contributed by atoms with Crippen LogP contribution in [-0.2, 0) is 12.3 Å². The summed E-state index contributed by atoms with van der Waals surface area (Å²) in [6, 6.07) is 9.75. The van der Waals surface area contributed by atoms with E-state index in [-0.39, 0.29) is 0 Å². The number of hydrogen-bond acceptors (Lipinski definition) is 4. The van der Waals surface area contributed by atoms with Crippen LogP contribution in [0.2, 0.25) is 0 Å². The van der Waals surface area contributed by atoms with Gasteiger partial charge in [0.15, 0.2) is 5.16 Å². The quantitative estimate of drug-likeness (QED) is 0.791. The first-order valence-corrected chi connectivity index (χ1v) is 6.74. The second-order valence-electron chi connectivity index (χ2n) is 3.87. The predicted octanol–water partition coefficient (Wildman–Crippen LogP) is 2.77. The van der Waals surface area contributed by atoms with Crippen LogP contribution in [0.15, 0.2) is 29.4 Å². The summed E-state index contributed by atoms with van der Waals surface area (Å²) in [4.78, 5) is 0. The van der Waals surface area contributed by atoms with Crippen LogP contribution in [0, 0.1) is 18.3 Å². The average Bonchev–Trinajstić information content (AvgIpc) is 2.77. The van der Waals surface area contributed by atoms with Crippen molar-refractivity contribution in [2.24, 2.45) is 0 Å². The number of benzene rings is 1. The number of nitriles is 1. The Balaban J connectivity index is 2.04. The molecular weight excluding hydrogens is 244 g/mol. The third-order valence-electron chi connectivity index (χ3n) is 2.67. The molecule has 0 N–H and O–H groups in total. The molecule has 0 fully saturated rings. The van der Waals surface area contributed by atoms with Crippen molar-refractivity contribution in [2.45, 2.75) is 31.3 Å². The summed E-state index contributed by atoms with van der Waals surface area (Å²) >= 11 is 1.67. The van der Waals surface area contributed by atoms with Gasteiger partial charge < -0.3 is 4.57 Å². The molecular formula is C13H14N4S. The van der Waals surface area contributed by atoms with E-state index in [2.05, 4.69) is 27.8 Å². The van der Waals surface area contributed by atoms with E-state index in [1.165, 1.54) is 5.56 Å². The minimum Gasteiger partial charge on any atom is -0.307 e. The van der Waals surface area contributed by atoms with E-state index in [1.54, 1.807) is 11.8 Å². The SMILES string of the molecule is CCn1c(C)nnc1SCc1ccc(C#N)cc1. The number of hydrogen-bond donors (Lipinski definition) is 0. The van der Waals surface area contributed by atoms with Gasteiger partial charge in [0.2, 0.25) is 0 Å². The predicted molar refractivity (Wildman–Crippen MR) is 71.2 cm³/mol. The Morgan fingerprint density at radius 1 is 1.28 bits per heavy atom. The lowest BCUT2D eigenvalue weighted by atomic mass is 10.2. The normalized spacial score (nSPS) is 10.3. The highest BCUT2D eigenvalue weighted by molar-refractivity contribution is 7.98. The van der Waals surface area contributed by atoms with Crippen LogP contribution in [0.1, 0.15) is 23.9 Å². The van der Waals surface area contributed by atoms with E-state index >= 15 is 0 Å². The molecule has 0 aliphatic rings. The first kappa shape index (κ1) is 12.7. The van der Waals surface area contributed by atoms with Gasteiger partial charge in [-0.25, -0.2) is 0 Å². The number of aryl methyl sites for hydroxylation is 1. The highest BCUT2D eigenvalue weighted by Crippen LogP contribution is 2.21. The fraction of sp³-hybridized carbons (Fsp3) is 0.308. The summed E-state index contributed by atoms with van der Waals surface area (Å²) in [6.45, 7) is 4.93. The summed E-state index contributed by atoms with van der Waals surface area (Å²) in [5, 5.41) is 17.9. The van der Waals surface area contributed by atoms with Crippen LogP contribution in [0.25, 0.3) is 0 Å². The number of nitrogens with zero attached hydrogens (tertiary/aromatic N) is 4. The van der Waals surface area contributed by atoms with E-state index in [0.29, 0.717) is 5.56 Å². The lowest BCUT2D eigenvalue weighted by Crippen LogP contribution is -1.99. The second kappa shape index (κ2) is 5.69. The standard InChI is InChI=1S/C13H14N4S/c1-3-17-10(2)15-16-13(17)18-9-12-6-4-11(8-14)5-7-12/h4-7H,3,9H2,1-2H3. The third kappa shape index (κ3) is 2.71. The van der Waals surface area contributed by atoms with Gasteiger partial charge in [-0.2, -0.15) is 5.26 Å². The van der Waals surface area contributed by atoms with Crippen LogP contribution in [0.5, 0.6) is 0 Å². The largest absolute Gasteiger partial charge is 0.307 e. The Labute approximate surface area is 111 Å². The average molecular weight is 258 g/mol. The summed E-state index contributed by atoms with van der Waals surface area (Å²) in [5.74, 6) is 1.78. The zero-order valence-electron chi connectivity index (χ0n) is 10.4. The maximum Gasteiger partial charge on any atom is 0.191 e. The minimum atomic E-state index is 0.691. The molecule has 1 aromatic carbocycles. The molecule has 0 radical (unpaired) electrons. The van der Waals surface area contributed by atoms with Crippen molar-refractivity contribution in [3.05, 3.63) is 41.2 Å². The van der Waals surface area contributed by atoms with Crippen molar-refractivity contribution in [1.82, 2.24) is 14.8 Å². The zero-order chi connectivity index (χ0) is 13.0. The Morgan fingerprint density at radius 3 is 2.61 bits per heavy atom. The molecule has 4 nitrogen and oxygen atoms in total. The fourth-order valence-electron chi connectivity index (χ4n) is 1.66. The Kier molecular flexibility index (Phi) is 4.00. The van der Waals surface area contributed by atoms with Crippen LogP contribution in [-0.4, -0.2) is 14.8 Å². The molecule has 0 bridgehead atoms. The van der Waals surface area contributed by atoms with Gasteiger partial charge in [-0.1, -0.05) is 23.9 Å². The van der Waals surface area contributed by atoms with Crippen LogP contribution in [0.4, 0.5) is 0 Å². The number of thioether (sulfide) groups is 1. The molecule has 0 aliphatic carbocycles.